The van der Waals surface area contributed by atoms with Crippen LogP contribution in [0.15, 0.2) is 18.2 Å². The maximum atomic E-state index is 11.5. The summed E-state index contributed by atoms with van der Waals surface area (Å²) in [6.07, 6.45) is 1.06. The van der Waals surface area contributed by atoms with E-state index >= 15 is 0 Å². The minimum absolute atomic E-state index is 0.372. The fourth-order valence-corrected chi connectivity index (χ4v) is 2.61. The van der Waals surface area contributed by atoms with Crippen LogP contribution in [0, 0.1) is 5.41 Å². The van der Waals surface area contributed by atoms with Crippen molar-refractivity contribution in [1.82, 2.24) is 0 Å². The number of nitrogens with two attached hydrogens (primary N) is 1. The molecule has 0 bridgehead atoms. The number of aliphatic carboxylic acids is 1. The average Bonchev–Trinajstić information content (AvgIpc) is 2.39. The van der Waals surface area contributed by atoms with E-state index in [0.717, 1.165) is 0 Å². The quantitative estimate of drug-likeness (QED) is 0.895. The third kappa shape index (κ3) is 2.72. The van der Waals surface area contributed by atoms with Crippen LogP contribution in [0.1, 0.15) is 30.1 Å². The lowest BCUT2D eigenvalue weighted by Crippen LogP contribution is -2.43. The first-order valence-electron chi connectivity index (χ1n) is 6.41. The monoisotopic (exact) mass is 296 g/mol. The molecule has 0 saturated carbocycles. The lowest BCUT2D eigenvalue weighted by Gasteiger charge is -2.38. The number of hydrogen-bond donors (Lipinski definition) is 2. The Balaban J connectivity index is 2.23. The minimum Gasteiger partial charge on any atom is -0.481 e. The Labute approximate surface area is 122 Å². The van der Waals surface area contributed by atoms with Gasteiger partial charge in [-0.15, -0.1) is 0 Å². The van der Waals surface area contributed by atoms with Gasteiger partial charge >= 0.3 is 5.97 Å². The minimum atomic E-state index is -0.775. The number of primary amides is 1. The topological polar surface area (TPSA) is 83.6 Å². The van der Waals surface area contributed by atoms with Gasteiger partial charge in [0.2, 0.25) is 0 Å². The third-order valence-electron chi connectivity index (χ3n) is 3.95. The van der Waals surface area contributed by atoms with Crippen molar-refractivity contribution in [1.29, 1.82) is 0 Å². The number of hydrogen-bond acceptors (Lipinski definition) is 3. The summed E-state index contributed by atoms with van der Waals surface area (Å²) in [6.45, 7) is 2.90. The Morgan fingerprint density at radius 2 is 1.95 bits per heavy atom. The van der Waals surface area contributed by atoms with Gasteiger partial charge in [0.25, 0.3) is 5.91 Å². The van der Waals surface area contributed by atoms with E-state index in [1.807, 2.05) is 4.90 Å². The number of carboxylic acids is 1. The Hall–Kier alpha value is -1.75. The van der Waals surface area contributed by atoms with Gasteiger partial charge in [-0.25, -0.2) is 0 Å². The van der Waals surface area contributed by atoms with Crippen LogP contribution in [0.4, 0.5) is 5.69 Å². The predicted molar refractivity (Wildman–Crippen MR) is 77.2 cm³/mol. The number of piperidine rings is 1. The fourth-order valence-electron chi connectivity index (χ4n) is 2.44. The van der Waals surface area contributed by atoms with Gasteiger partial charge in [-0.05, 0) is 38.0 Å². The smallest absolute Gasteiger partial charge is 0.309 e. The van der Waals surface area contributed by atoms with E-state index in [9.17, 15) is 14.7 Å². The van der Waals surface area contributed by atoms with E-state index in [-0.39, 0.29) is 0 Å². The summed E-state index contributed by atoms with van der Waals surface area (Å²) in [7, 11) is 0. The number of carbonyl (C=O) groups is 2. The van der Waals surface area contributed by atoms with Crippen molar-refractivity contribution in [3.05, 3.63) is 28.8 Å². The molecule has 0 unspecified atom stereocenters. The second-order valence-corrected chi connectivity index (χ2v) is 5.82. The zero-order valence-corrected chi connectivity index (χ0v) is 12.0. The number of halogens is 1. The average molecular weight is 297 g/mol. The molecular weight excluding hydrogens is 280 g/mol. The van der Waals surface area contributed by atoms with Gasteiger partial charge in [0, 0.05) is 23.8 Å². The Bertz CT molecular complexity index is 551. The number of benzene rings is 1. The van der Waals surface area contributed by atoms with Gasteiger partial charge in [0.05, 0.1) is 11.0 Å². The molecule has 3 N–H and O–H groups in total. The van der Waals surface area contributed by atoms with Gasteiger partial charge in [-0.2, -0.15) is 0 Å². The molecule has 1 aliphatic rings. The number of rotatable bonds is 3. The van der Waals surface area contributed by atoms with E-state index in [1.54, 1.807) is 25.1 Å². The van der Waals surface area contributed by atoms with Crippen LogP contribution >= 0.6 is 11.6 Å². The molecule has 1 fully saturated rings. The Morgan fingerprint density at radius 1 is 1.35 bits per heavy atom. The molecule has 0 aliphatic carbocycles. The standard InChI is InChI=1S/C14H17ClN2O3/c1-14(13(19)20)4-6-17(7-5-14)11-3-2-9(15)8-10(11)12(16)18/h2-3,8H,4-7H2,1H3,(H2,16,18)(H,19,20). The summed E-state index contributed by atoms with van der Waals surface area (Å²) in [5.74, 6) is -1.31. The molecule has 1 heterocycles. The molecule has 0 aromatic heterocycles. The molecule has 108 valence electrons. The van der Waals surface area contributed by atoms with Crippen molar-refractivity contribution in [3.63, 3.8) is 0 Å². The Kier molecular flexibility index (Phi) is 3.90. The Morgan fingerprint density at radius 3 is 2.45 bits per heavy atom. The number of carbonyl (C=O) groups excluding carboxylic acids is 1. The highest BCUT2D eigenvalue weighted by atomic mass is 35.5. The first kappa shape index (κ1) is 14.7. The highest BCUT2D eigenvalue weighted by Gasteiger charge is 2.37. The molecular formula is C14H17ClN2O3. The summed E-state index contributed by atoms with van der Waals surface area (Å²) < 4.78 is 0. The number of anilines is 1. The lowest BCUT2D eigenvalue weighted by molar-refractivity contribution is -0.149. The van der Waals surface area contributed by atoms with Crippen molar-refractivity contribution in [2.24, 2.45) is 11.1 Å². The first-order valence-corrected chi connectivity index (χ1v) is 6.79. The van der Waals surface area contributed by atoms with Crippen molar-refractivity contribution < 1.29 is 14.7 Å². The highest BCUT2D eigenvalue weighted by molar-refractivity contribution is 6.31. The van der Waals surface area contributed by atoms with Crippen LogP contribution in [0.25, 0.3) is 0 Å². The summed E-state index contributed by atoms with van der Waals surface area (Å²) in [5, 5.41) is 9.68. The molecule has 1 aromatic rings. The predicted octanol–water partition coefficient (Wildman–Crippen LogP) is 2.13. The van der Waals surface area contributed by atoms with Gasteiger partial charge in [-0.3, -0.25) is 9.59 Å². The normalized spacial score (nSPS) is 17.8. The van der Waals surface area contributed by atoms with E-state index in [0.29, 0.717) is 42.2 Å². The fraction of sp³-hybridized carbons (Fsp3) is 0.429. The second kappa shape index (κ2) is 5.32. The SMILES string of the molecule is CC1(C(=O)O)CCN(c2ccc(Cl)cc2C(N)=O)CC1. The lowest BCUT2D eigenvalue weighted by atomic mass is 9.80. The molecule has 20 heavy (non-hydrogen) atoms. The molecule has 1 saturated heterocycles. The molecule has 0 radical (unpaired) electrons. The van der Waals surface area contributed by atoms with Crippen molar-refractivity contribution >= 4 is 29.2 Å². The maximum absolute atomic E-state index is 11.5. The van der Waals surface area contributed by atoms with E-state index in [4.69, 9.17) is 17.3 Å². The van der Waals surface area contributed by atoms with Crippen molar-refractivity contribution in [2.75, 3.05) is 18.0 Å². The molecule has 5 nitrogen and oxygen atoms in total. The summed E-state index contributed by atoms with van der Waals surface area (Å²) in [4.78, 5) is 24.7. The van der Waals surface area contributed by atoms with Gasteiger partial charge < -0.3 is 15.7 Å². The van der Waals surface area contributed by atoms with Crippen LogP contribution in [0.3, 0.4) is 0 Å². The molecule has 2 rings (SSSR count). The first-order chi connectivity index (χ1) is 9.33. The summed E-state index contributed by atoms with van der Waals surface area (Å²) in [5.41, 5.74) is 5.76. The zero-order valence-electron chi connectivity index (χ0n) is 11.2. The van der Waals surface area contributed by atoms with Crippen molar-refractivity contribution in [3.8, 4) is 0 Å². The van der Waals surface area contributed by atoms with E-state index in [2.05, 4.69) is 0 Å². The highest BCUT2D eigenvalue weighted by Crippen LogP contribution is 2.34. The maximum Gasteiger partial charge on any atom is 0.309 e. The van der Waals surface area contributed by atoms with E-state index < -0.39 is 17.3 Å². The van der Waals surface area contributed by atoms with Gasteiger partial charge in [-0.1, -0.05) is 11.6 Å². The summed E-state index contributed by atoms with van der Waals surface area (Å²) in [6, 6.07) is 5.00. The van der Waals surface area contributed by atoms with Crippen LogP contribution in [0.2, 0.25) is 5.02 Å². The van der Waals surface area contributed by atoms with Gasteiger partial charge in [0.15, 0.2) is 0 Å². The van der Waals surface area contributed by atoms with Crippen LogP contribution < -0.4 is 10.6 Å². The summed E-state index contributed by atoms with van der Waals surface area (Å²) >= 11 is 5.88. The molecule has 0 atom stereocenters. The molecule has 1 aliphatic heterocycles. The largest absolute Gasteiger partial charge is 0.481 e. The zero-order chi connectivity index (χ0) is 14.9. The number of amides is 1. The molecule has 1 amide bonds. The molecule has 0 spiro atoms. The number of nitrogens with zero attached hydrogens (tertiary/aromatic N) is 1. The van der Waals surface area contributed by atoms with Crippen LogP contribution in [-0.4, -0.2) is 30.1 Å². The third-order valence-corrected chi connectivity index (χ3v) is 4.18. The van der Waals surface area contributed by atoms with Gasteiger partial charge in [0.1, 0.15) is 0 Å². The van der Waals surface area contributed by atoms with Crippen LogP contribution in [0.5, 0.6) is 0 Å². The van der Waals surface area contributed by atoms with Crippen LogP contribution in [-0.2, 0) is 4.79 Å². The van der Waals surface area contributed by atoms with E-state index in [1.165, 1.54) is 0 Å². The molecule has 1 aromatic carbocycles. The second-order valence-electron chi connectivity index (χ2n) is 5.38. The molecule has 6 heteroatoms. The van der Waals surface area contributed by atoms with Crippen molar-refractivity contribution in [2.45, 2.75) is 19.8 Å². The number of carboxylic acid groups (broad SMARTS) is 1.